The second-order valence-electron chi connectivity index (χ2n) is 8.58. The van der Waals surface area contributed by atoms with Gasteiger partial charge in [-0.2, -0.15) is 8.78 Å². The molecule has 4 aromatic rings. The van der Waals surface area contributed by atoms with Crippen LogP contribution in [-0.2, 0) is 9.59 Å². The summed E-state index contributed by atoms with van der Waals surface area (Å²) in [4.78, 5) is 57.7. The predicted molar refractivity (Wildman–Crippen MR) is 132 cm³/mol. The highest BCUT2D eigenvalue weighted by Crippen LogP contribution is 2.37. The third-order valence-electron chi connectivity index (χ3n) is 6.27. The molecule has 1 aliphatic heterocycles. The van der Waals surface area contributed by atoms with Crippen LogP contribution in [0.15, 0.2) is 41.2 Å². The standard InChI is InChI=1S/C25H21F2N5O6/c1-11-28-20-12(24(36)32(11)17-7-9-19(33)31-23(17)35)4-3-5-15(20)30-22(34)16-10-13-14(29-16)6-8-18(37-2)21(13)38-25(26)27/h3-6,8,10,17,25,29H,7,9H2,1-2H3,(H,30,34)(H,31,33,35). The Bertz CT molecular complexity index is 1680. The molecule has 0 aliphatic carbocycles. The Hall–Kier alpha value is -4.81. The summed E-state index contributed by atoms with van der Waals surface area (Å²) in [6, 6.07) is 8.08. The van der Waals surface area contributed by atoms with Crippen molar-refractivity contribution in [3.63, 3.8) is 0 Å². The summed E-state index contributed by atoms with van der Waals surface area (Å²) in [6.07, 6.45) is 0.258. The number of carbonyl (C=O) groups excluding carboxylic acids is 3. The summed E-state index contributed by atoms with van der Waals surface area (Å²) in [5.41, 5.74) is 0.336. The van der Waals surface area contributed by atoms with Gasteiger partial charge in [-0.05, 0) is 43.7 Å². The van der Waals surface area contributed by atoms with E-state index in [1.807, 2.05) is 0 Å². The molecule has 38 heavy (non-hydrogen) atoms. The van der Waals surface area contributed by atoms with Crippen LogP contribution in [0.25, 0.3) is 21.8 Å². The van der Waals surface area contributed by atoms with Gasteiger partial charge < -0.3 is 19.8 Å². The van der Waals surface area contributed by atoms with Crippen LogP contribution in [0, 0.1) is 6.92 Å². The first-order valence-corrected chi connectivity index (χ1v) is 11.5. The van der Waals surface area contributed by atoms with E-state index in [-0.39, 0.29) is 57.8 Å². The number of para-hydroxylation sites is 1. The zero-order chi connectivity index (χ0) is 27.1. The minimum Gasteiger partial charge on any atom is -0.493 e. The van der Waals surface area contributed by atoms with Gasteiger partial charge in [0.1, 0.15) is 23.1 Å². The number of imide groups is 1. The smallest absolute Gasteiger partial charge is 0.387 e. The van der Waals surface area contributed by atoms with E-state index >= 15 is 0 Å². The van der Waals surface area contributed by atoms with E-state index < -0.39 is 35.9 Å². The van der Waals surface area contributed by atoms with Crippen molar-refractivity contribution in [1.29, 1.82) is 0 Å². The number of nitrogens with zero attached hydrogens (tertiary/aromatic N) is 2. The first-order valence-electron chi connectivity index (χ1n) is 11.5. The largest absolute Gasteiger partial charge is 0.493 e. The molecular formula is C25H21F2N5O6. The van der Waals surface area contributed by atoms with Crippen molar-refractivity contribution in [2.75, 3.05) is 12.4 Å². The van der Waals surface area contributed by atoms with Crippen molar-refractivity contribution in [2.45, 2.75) is 32.4 Å². The van der Waals surface area contributed by atoms with Crippen molar-refractivity contribution < 1.29 is 32.6 Å². The number of amides is 3. The molecule has 1 atom stereocenters. The first kappa shape index (κ1) is 24.9. The Morgan fingerprint density at radius 3 is 2.68 bits per heavy atom. The van der Waals surface area contributed by atoms with Gasteiger partial charge in [0.2, 0.25) is 11.8 Å². The Balaban J connectivity index is 1.51. The van der Waals surface area contributed by atoms with Crippen LogP contribution < -0.4 is 25.7 Å². The molecule has 2 aromatic carbocycles. The molecule has 0 radical (unpaired) electrons. The quantitative estimate of drug-likeness (QED) is 0.328. The van der Waals surface area contributed by atoms with Gasteiger partial charge >= 0.3 is 6.61 Å². The lowest BCUT2D eigenvalue weighted by Gasteiger charge is -2.24. The van der Waals surface area contributed by atoms with E-state index in [0.29, 0.717) is 5.52 Å². The molecule has 0 bridgehead atoms. The molecule has 1 fully saturated rings. The van der Waals surface area contributed by atoms with Gasteiger partial charge in [-0.25, -0.2) is 4.98 Å². The lowest BCUT2D eigenvalue weighted by atomic mass is 10.1. The number of halogens is 2. The third kappa shape index (κ3) is 4.31. The van der Waals surface area contributed by atoms with Crippen LogP contribution >= 0.6 is 0 Å². The molecule has 1 unspecified atom stereocenters. The lowest BCUT2D eigenvalue weighted by molar-refractivity contribution is -0.135. The van der Waals surface area contributed by atoms with Gasteiger partial charge in [0, 0.05) is 11.8 Å². The van der Waals surface area contributed by atoms with E-state index in [1.54, 1.807) is 25.1 Å². The summed E-state index contributed by atoms with van der Waals surface area (Å²) < 4.78 is 36.9. The van der Waals surface area contributed by atoms with Crippen LogP contribution in [0.4, 0.5) is 14.5 Å². The van der Waals surface area contributed by atoms with E-state index in [1.165, 1.54) is 29.9 Å². The zero-order valence-electron chi connectivity index (χ0n) is 20.1. The maximum absolute atomic E-state index is 13.3. The monoisotopic (exact) mass is 525 g/mol. The maximum atomic E-state index is 13.3. The Morgan fingerprint density at radius 1 is 1.18 bits per heavy atom. The first-order chi connectivity index (χ1) is 18.2. The van der Waals surface area contributed by atoms with Crippen LogP contribution in [-0.4, -0.2) is 46.0 Å². The molecule has 5 rings (SSSR count). The van der Waals surface area contributed by atoms with E-state index in [0.717, 1.165) is 0 Å². The summed E-state index contributed by atoms with van der Waals surface area (Å²) >= 11 is 0. The highest BCUT2D eigenvalue weighted by atomic mass is 19.3. The van der Waals surface area contributed by atoms with Gasteiger partial charge in [-0.15, -0.1) is 0 Å². The SMILES string of the molecule is COc1ccc2[nH]c(C(=O)Nc3cccc4c(=O)n(C5CCC(=O)NC5=O)c(C)nc34)cc2c1OC(F)F. The molecule has 1 aliphatic rings. The molecule has 11 nitrogen and oxygen atoms in total. The van der Waals surface area contributed by atoms with E-state index in [4.69, 9.17) is 4.74 Å². The number of ether oxygens (including phenoxy) is 2. The molecule has 2 aromatic heterocycles. The van der Waals surface area contributed by atoms with E-state index in [2.05, 4.69) is 25.3 Å². The molecule has 13 heteroatoms. The number of hydrogen-bond donors (Lipinski definition) is 3. The number of piperidine rings is 1. The number of rotatable bonds is 6. The fraction of sp³-hybridized carbons (Fsp3) is 0.240. The van der Waals surface area contributed by atoms with E-state index in [9.17, 15) is 28.0 Å². The van der Waals surface area contributed by atoms with Crippen LogP contribution in [0.1, 0.15) is 35.2 Å². The van der Waals surface area contributed by atoms with Crippen molar-refractivity contribution in [3.05, 3.63) is 58.3 Å². The minimum atomic E-state index is -3.10. The highest BCUT2D eigenvalue weighted by Gasteiger charge is 2.30. The molecular weight excluding hydrogens is 504 g/mol. The second-order valence-corrected chi connectivity index (χ2v) is 8.58. The molecule has 3 amide bonds. The summed E-state index contributed by atoms with van der Waals surface area (Å²) in [5, 5.41) is 5.30. The molecule has 3 N–H and O–H groups in total. The van der Waals surface area contributed by atoms with Gasteiger partial charge in [-0.1, -0.05) is 6.07 Å². The average Bonchev–Trinajstić information content (AvgIpc) is 3.31. The van der Waals surface area contributed by atoms with Gasteiger partial charge in [-0.3, -0.25) is 29.1 Å². The predicted octanol–water partition coefficient (Wildman–Crippen LogP) is 3.03. The Kier molecular flexibility index (Phi) is 6.27. The minimum absolute atomic E-state index is 0.0398. The topological polar surface area (TPSA) is 144 Å². The second kappa shape index (κ2) is 9.57. The summed E-state index contributed by atoms with van der Waals surface area (Å²) in [7, 11) is 1.31. The fourth-order valence-electron chi connectivity index (χ4n) is 4.57. The molecule has 196 valence electrons. The highest BCUT2D eigenvalue weighted by molar-refractivity contribution is 6.10. The van der Waals surface area contributed by atoms with Crippen molar-refractivity contribution in [1.82, 2.24) is 19.9 Å². The number of hydrogen-bond acceptors (Lipinski definition) is 7. The van der Waals surface area contributed by atoms with Crippen molar-refractivity contribution >= 4 is 45.2 Å². The number of nitrogens with one attached hydrogen (secondary N) is 3. The lowest BCUT2D eigenvalue weighted by Crippen LogP contribution is -2.45. The number of aromatic amines is 1. The number of aryl methyl sites for hydroxylation is 1. The molecule has 1 saturated heterocycles. The number of carbonyl (C=O) groups is 3. The Morgan fingerprint density at radius 2 is 1.97 bits per heavy atom. The summed E-state index contributed by atoms with van der Waals surface area (Å²) in [6.45, 7) is -1.55. The zero-order valence-corrected chi connectivity index (χ0v) is 20.1. The number of anilines is 1. The average molecular weight is 525 g/mol. The molecule has 3 heterocycles. The molecule has 0 saturated carbocycles. The van der Waals surface area contributed by atoms with Crippen molar-refractivity contribution in [3.8, 4) is 11.5 Å². The number of fused-ring (bicyclic) bond motifs is 2. The van der Waals surface area contributed by atoms with Gasteiger partial charge in [0.05, 0.1) is 23.7 Å². The number of aromatic nitrogens is 3. The van der Waals surface area contributed by atoms with Gasteiger partial charge in [0.25, 0.3) is 11.5 Å². The fourth-order valence-corrected chi connectivity index (χ4v) is 4.57. The van der Waals surface area contributed by atoms with Crippen molar-refractivity contribution in [2.24, 2.45) is 0 Å². The number of H-pyrrole nitrogens is 1. The maximum Gasteiger partial charge on any atom is 0.387 e. The Labute approximate surface area is 212 Å². The van der Waals surface area contributed by atoms with Crippen LogP contribution in [0.5, 0.6) is 11.5 Å². The van der Waals surface area contributed by atoms with Crippen LogP contribution in [0.3, 0.4) is 0 Å². The number of benzene rings is 2. The third-order valence-corrected chi connectivity index (χ3v) is 6.27. The normalized spacial score (nSPS) is 15.7. The number of alkyl halides is 2. The molecule has 0 spiro atoms. The summed E-state index contributed by atoms with van der Waals surface area (Å²) in [5.74, 6) is -1.52. The van der Waals surface area contributed by atoms with Crippen LogP contribution in [0.2, 0.25) is 0 Å². The van der Waals surface area contributed by atoms with Gasteiger partial charge in [0.15, 0.2) is 11.5 Å². The number of methoxy groups -OCH3 is 1.